The second-order valence-corrected chi connectivity index (χ2v) is 5.59. The average molecular weight is 355 g/mol. The molecule has 0 heterocycles. The third-order valence-corrected chi connectivity index (χ3v) is 3.54. The van der Waals surface area contributed by atoms with Crippen molar-refractivity contribution in [2.45, 2.75) is 6.92 Å². The lowest BCUT2D eigenvalue weighted by Crippen LogP contribution is -2.21. The van der Waals surface area contributed by atoms with Crippen LogP contribution in [0.4, 0.5) is 5.69 Å². The second-order valence-electron chi connectivity index (χ2n) is 5.18. The summed E-state index contributed by atoms with van der Waals surface area (Å²) in [5.41, 5.74) is 1.99. The molecule has 0 saturated heterocycles. The Morgan fingerprint density at radius 1 is 1.20 bits per heavy atom. The van der Waals surface area contributed by atoms with Crippen LogP contribution < -0.4 is 5.32 Å². The van der Waals surface area contributed by atoms with Crippen LogP contribution in [0.15, 0.2) is 54.1 Å². The number of aryl methyl sites for hydroxylation is 1. The third kappa shape index (κ3) is 5.48. The minimum Gasteiger partial charge on any atom is -0.451 e. The molecule has 0 aliphatic rings. The predicted octanol–water partition coefficient (Wildman–Crippen LogP) is 3.74. The lowest BCUT2D eigenvalue weighted by atomic mass is 10.1. The molecule has 25 heavy (non-hydrogen) atoms. The molecule has 2 aromatic rings. The summed E-state index contributed by atoms with van der Waals surface area (Å²) in [6.07, 6.45) is 1.41. The Kier molecular flexibility index (Phi) is 6.33. The van der Waals surface area contributed by atoms with E-state index >= 15 is 0 Å². The van der Waals surface area contributed by atoms with Crippen molar-refractivity contribution >= 4 is 35.2 Å². The van der Waals surface area contributed by atoms with Gasteiger partial charge in [0.15, 0.2) is 6.61 Å². The molecule has 6 heteroatoms. The number of anilines is 1. The summed E-state index contributed by atoms with van der Waals surface area (Å²) in [7, 11) is 0. The van der Waals surface area contributed by atoms with Gasteiger partial charge in [-0.25, -0.2) is 4.79 Å². The summed E-state index contributed by atoms with van der Waals surface area (Å²) in [5.74, 6) is -1.41. The summed E-state index contributed by atoms with van der Waals surface area (Å²) in [6, 6.07) is 15.8. The summed E-state index contributed by atoms with van der Waals surface area (Å²) in [6.45, 7) is 1.42. The van der Waals surface area contributed by atoms with Crippen molar-refractivity contribution in [3.8, 4) is 6.07 Å². The molecule has 0 aliphatic heterocycles. The molecule has 126 valence electrons. The molecular weight excluding hydrogens is 340 g/mol. The zero-order chi connectivity index (χ0) is 18.2. The van der Waals surface area contributed by atoms with Gasteiger partial charge >= 0.3 is 5.97 Å². The van der Waals surface area contributed by atoms with Crippen molar-refractivity contribution in [1.29, 1.82) is 5.26 Å². The third-order valence-electron chi connectivity index (χ3n) is 3.21. The molecule has 5 nitrogen and oxygen atoms in total. The number of carbonyl (C=O) groups is 2. The first-order chi connectivity index (χ1) is 12.0. The number of hydrogen-bond donors (Lipinski definition) is 1. The van der Waals surface area contributed by atoms with Crippen molar-refractivity contribution in [2.75, 3.05) is 11.9 Å². The highest BCUT2D eigenvalue weighted by Gasteiger charge is 2.14. The van der Waals surface area contributed by atoms with Crippen molar-refractivity contribution in [3.63, 3.8) is 0 Å². The number of para-hydroxylation sites is 1. The Morgan fingerprint density at radius 2 is 1.88 bits per heavy atom. The van der Waals surface area contributed by atoms with E-state index in [0.29, 0.717) is 16.3 Å². The summed E-state index contributed by atoms with van der Waals surface area (Å²) >= 11 is 5.93. The normalized spacial score (nSPS) is 10.7. The number of rotatable bonds is 5. The van der Waals surface area contributed by atoms with Gasteiger partial charge in [-0.05, 0) is 30.7 Å². The van der Waals surface area contributed by atoms with Crippen LogP contribution in [0.2, 0.25) is 5.02 Å². The van der Waals surface area contributed by atoms with Gasteiger partial charge in [-0.2, -0.15) is 5.26 Å². The van der Waals surface area contributed by atoms with E-state index in [4.69, 9.17) is 21.6 Å². The van der Waals surface area contributed by atoms with Crippen molar-refractivity contribution < 1.29 is 14.3 Å². The zero-order valence-corrected chi connectivity index (χ0v) is 14.2. The highest BCUT2D eigenvalue weighted by molar-refractivity contribution is 6.33. The Morgan fingerprint density at radius 3 is 2.52 bits per heavy atom. The van der Waals surface area contributed by atoms with Crippen LogP contribution >= 0.6 is 11.6 Å². The Balaban J connectivity index is 1.96. The van der Waals surface area contributed by atoms with Crippen LogP contribution in [0.25, 0.3) is 6.08 Å². The number of benzene rings is 2. The fraction of sp³-hybridized carbons (Fsp3) is 0.105. The van der Waals surface area contributed by atoms with E-state index in [-0.39, 0.29) is 5.57 Å². The van der Waals surface area contributed by atoms with Gasteiger partial charge in [0.2, 0.25) is 0 Å². The molecule has 2 rings (SSSR count). The van der Waals surface area contributed by atoms with Crippen LogP contribution in [-0.4, -0.2) is 18.5 Å². The first-order valence-electron chi connectivity index (χ1n) is 7.39. The van der Waals surface area contributed by atoms with E-state index in [1.165, 1.54) is 6.08 Å². The summed E-state index contributed by atoms with van der Waals surface area (Å²) in [4.78, 5) is 23.8. The topological polar surface area (TPSA) is 79.2 Å². The highest BCUT2D eigenvalue weighted by atomic mass is 35.5. The van der Waals surface area contributed by atoms with E-state index in [1.54, 1.807) is 42.5 Å². The monoisotopic (exact) mass is 354 g/mol. The quantitative estimate of drug-likeness (QED) is 0.504. The standard InChI is InChI=1S/C19H15ClN2O3/c1-13-6-8-14(9-7-13)10-15(11-21)19(24)25-12-18(23)22-17-5-3-2-4-16(17)20/h2-10H,12H2,1H3,(H,22,23)/b15-10+. The Bertz CT molecular complexity index is 852. The molecule has 0 atom stereocenters. The largest absolute Gasteiger partial charge is 0.451 e. The Labute approximate surface area is 150 Å². The lowest BCUT2D eigenvalue weighted by molar-refractivity contribution is -0.142. The molecule has 1 N–H and O–H groups in total. The lowest BCUT2D eigenvalue weighted by Gasteiger charge is -2.07. The molecule has 2 aromatic carbocycles. The fourth-order valence-corrected chi connectivity index (χ4v) is 2.11. The van der Waals surface area contributed by atoms with Crippen LogP contribution in [0, 0.1) is 18.3 Å². The molecule has 0 saturated carbocycles. The van der Waals surface area contributed by atoms with E-state index in [1.807, 2.05) is 19.1 Å². The van der Waals surface area contributed by atoms with Crippen molar-refractivity contribution in [2.24, 2.45) is 0 Å². The minimum absolute atomic E-state index is 0.186. The van der Waals surface area contributed by atoms with E-state index in [0.717, 1.165) is 5.56 Å². The van der Waals surface area contributed by atoms with Gasteiger partial charge in [0.05, 0.1) is 10.7 Å². The van der Waals surface area contributed by atoms with Gasteiger partial charge in [0.1, 0.15) is 11.6 Å². The van der Waals surface area contributed by atoms with E-state index in [9.17, 15) is 9.59 Å². The van der Waals surface area contributed by atoms with E-state index < -0.39 is 18.5 Å². The number of nitriles is 1. The first kappa shape index (κ1) is 18.2. The fourth-order valence-electron chi connectivity index (χ4n) is 1.92. The Hall–Kier alpha value is -3.10. The number of nitrogens with one attached hydrogen (secondary N) is 1. The van der Waals surface area contributed by atoms with Crippen LogP contribution in [0.5, 0.6) is 0 Å². The first-order valence-corrected chi connectivity index (χ1v) is 7.77. The number of carbonyl (C=O) groups excluding carboxylic acids is 2. The SMILES string of the molecule is Cc1ccc(/C=C(\C#N)C(=O)OCC(=O)Nc2ccccc2Cl)cc1. The maximum absolute atomic E-state index is 12.0. The highest BCUT2D eigenvalue weighted by Crippen LogP contribution is 2.20. The smallest absolute Gasteiger partial charge is 0.349 e. The predicted molar refractivity (Wildman–Crippen MR) is 95.8 cm³/mol. The number of esters is 1. The maximum Gasteiger partial charge on any atom is 0.349 e. The van der Waals surface area contributed by atoms with Gasteiger partial charge in [0.25, 0.3) is 5.91 Å². The summed E-state index contributed by atoms with van der Waals surface area (Å²) in [5, 5.41) is 12.0. The molecule has 0 aromatic heterocycles. The van der Waals surface area contributed by atoms with Crippen molar-refractivity contribution in [3.05, 3.63) is 70.3 Å². The van der Waals surface area contributed by atoms with Gasteiger partial charge in [-0.15, -0.1) is 0 Å². The molecule has 0 spiro atoms. The zero-order valence-electron chi connectivity index (χ0n) is 13.5. The van der Waals surface area contributed by atoms with Gasteiger partial charge < -0.3 is 10.1 Å². The van der Waals surface area contributed by atoms with Crippen LogP contribution in [0.3, 0.4) is 0 Å². The molecule has 0 unspecified atom stereocenters. The second kappa shape index (κ2) is 8.67. The van der Waals surface area contributed by atoms with Gasteiger partial charge in [-0.3, -0.25) is 4.79 Å². The van der Waals surface area contributed by atoms with Crippen molar-refractivity contribution in [1.82, 2.24) is 0 Å². The molecule has 1 amide bonds. The molecule has 0 bridgehead atoms. The number of hydrogen-bond acceptors (Lipinski definition) is 4. The maximum atomic E-state index is 12.0. The van der Waals surface area contributed by atoms with Gasteiger partial charge in [-0.1, -0.05) is 53.6 Å². The average Bonchev–Trinajstić information content (AvgIpc) is 2.61. The summed E-state index contributed by atoms with van der Waals surface area (Å²) < 4.78 is 4.88. The van der Waals surface area contributed by atoms with Crippen LogP contribution in [0.1, 0.15) is 11.1 Å². The number of halogens is 1. The molecule has 0 aliphatic carbocycles. The van der Waals surface area contributed by atoms with Crippen LogP contribution in [-0.2, 0) is 14.3 Å². The van der Waals surface area contributed by atoms with E-state index in [2.05, 4.69) is 5.32 Å². The number of amides is 1. The number of ether oxygens (including phenoxy) is 1. The molecule has 0 radical (unpaired) electrons. The molecule has 0 fully saturated rings. The molecular formula is C19H15ClN2O3. The minimum atomic E-state index is -0.864. The van der Waals surface area contributed by atoms with Gasteiger partial charge in [0, 0.05) is 0 Å². The number of nitrogens with zero attached hydrogens (tertiary/aromatic N) is 1.